The van der Waals surface area contributed by atoms with Gasteiger partial charge in [-0.3, -0.25) is 0 Å². The minimum absolute atomic E-state index is 0.149. The molecule has 0 saturated heterocycles. The average molecular weight is 302 g/mol. The van der Waals surface area contributed by atoms with Crippen LogP contribution in [0.15, 0.2) is 42.5 Å². The Morgan fingerprint density at radius 3 is 2.32 bits per heavy atom. The van der Waals surface area contributed by atoms with E-state index in [0.29, 0.717) is 18.1 Å². The molecule has 0 amide bonds. The zero-order valence-corrected chi connectivity index (χ0v) is 12.5. The third-order valence-electron chi connectivity index (χ3n) is 3.10. The van der Waals surface area contributed by atoms with Crippen molar-refractivity contribution in [2.45, 2.75) is 6.92 Å². The van der Waals surface area contributed by atoms with Crippen LogP contribution in [0.5, 0.6) is 17.2 Å². The highest BCUT2D eigenvalue weighted by atomic mass is 16.5. The number of carbonyl (C=O) groups is 1. The topological polar surface area (TPSA) is 65.0 Å². The van der Waals surface area contributed by atoms with Crippen molar-refractivity contribution in [3.8, 4) is 17.2 Å². The van der Waals surface area contributed by atoms with E-state index in [9.17, 15) is 4.79 Å². The summed E-state index contributed by atoms with van der Waals surface area (Å²) in [4.78, 5) is 11.0. The van der Waals surface area contributed by atoms with Gasteiger partial charge in [0.1, 0.15) is 19.0 Å². The van der Waals surface area contributed by atoms with Crippen molar-refractivity contribution in [1.29, 1.82) is 0 Å². The summed E-state index contributed by atoms with van der Waals surface area (Å²) in [5, 5.41) is 9.00. The first-order valence-corrected chi connectivity index (χ1v) is 6.84. The van der Waals surface area contributed by atoms with Gasteiger partial charge in [0, 0.05) is 0 Å². The Kier molecular flexibility index (Phi) is 5.25. The van der Waals surface area contributed by atoms with Gasteiger partial charge in [0.25, 0.3) is 0 Å². The van der Waals surface area contributed by atoms with Gasteiger partial charge in [-0.15, -0.1) is 0 Å². The Morgan fingerprint density at radius 1 is 1.00 bits per heavy atom. The third-order valence-corrected chi connectivity index (χ3v) is 3.10. The number of carboxylic acid groups (broad SMARTS) is 1. The van der Waals surface area contributed by atoms with Crippen molar-refractivity contribution in [1.82, 2.24) is 0 Å². The average Bonchev–Trinajstić information content (AvgIpc) is 2.52. The number of aryl methyl sites for hydroxylation is 1. The lowest BCUT2D eigenvalue weighted by Gasteiger charge is -2.12. The van der Waals surface area contributed by atoms with Crippen molar-refractivity contribution in [2.24, 2.45) is 0 Å². The van der Waals surface area contributed by atoms with E-state index >= 15 is 0 Å². The number of methoxy groups -OCH3 is 1. The van der Waals surface area contributed by atoms with Crippen LogP contribution in [0.3, 0.4) is 0 Å². The first kappa shape index (κ1) is 15.7. The number of carboxylic acids is 1. The summed E-state index contributed by atoms with van der Waals surface area (Å²) in [6.45, 7) is 2.61. The molecule has 0 aliphatic heterocycles. The molecule has 5 nitrogen and oxygen atoms in total. The standard InChI is InChI=1S/C17H18O5/c1-12-5-3-4-6-14(12)21-9-10-22-16-11-13(17(18)19)7-8-15(16)20-2/h3-8,11H,9-10H2,1-2H3,(H,18,19). The summed E-state index contributed by atoms with van der Waals surface area (Å²) >= 11 is 0. The number of benzene rings is 2. The molecule has 0 spiro atoms. The molecule has 116 valence electrons. The van der Waals surface area contributed by atoms with Crippen LogP contribution in [0.2, 0.25) is 0 Å². The predicted octanol–water partition coefficient (Wildman–Crippen LogP) is 3.16. The van der Waals surface area contributed by atoms with Crippen molar-refractivity contribution >= 4 is 5.97 Å². The second kappa shape index (κ2) is 7.36. The van der Waals surface area contributed by atoms with E-state index in [0.717, 1.165) is 11.3 Å². The van der Waals surface area contributed by atoms with Crippen LogP contribution in [0.1, 0.15) is 15.9 Å². The summed E-state index contributed by atoms with van der Waals surface area (Å²) < 4.78 is 16.4. The van der Waals surface area contributed by atoms with E-state index in [1.807, 2.05) is 31.2 Å². The molecule has 0 radical (unpaired) electrons. The van der Waals surface area contributed by atoms with Gasteiger partial charge in [0.05, 0.1) is 12.7 Å². The number of ether oxygens (including phenoxy) is 3. The molecule has 0 fully saturated rings. The number of hydrogen-bond acceptors (Lipinski definition) is 4. The minimum atomic E-state index is -1.01. The first-order valence-electron chi connectivity index (χ1n) is 6.84. The van der Waals surface area contributed by atoms with Gasteiger partial charge in [-0.1, -0.05) is 18.2 Å². The highest BCUT2D eigenvalue weighted by Crippen LogP contribution is 2.28. The maximum absolute atomic E-state index is 11.0. The second-order valence-corrected chi connectivity index (χ2v) is 4.63. The lowest BCUT2D eigenvalue weighted by molar-refractivity contribution is 0.0696. The van der Waals surface area contributed by atoms with Crippen LogP contribution < -0.4 is 14.2 Å². The van der Waals surface area contributed by atoms with E-state index in [-0.39, 0.29) is 12.2 Å². The zero-order valence-electron chi connectivity index (χ0n) is 12.5. The lowest BCUT2D eigenvalue weighted by atomic mass is 10.2. The largest absolute Gasteiger partial charge is 0.493 e. The van der Waals surface area contributed by atoms with Gasteiger partial charge in [-0.25, -0.2) is 4.79 Å². The van der Waals surface area contributed by atoms with Crippen molar-refractivity contribution in [3.63, 3.8) is 0 Å². The molecule has 2 rings (SSSR count). The molecular formula is C17H18O5. The number of aromatic carboxylic acids is 1. The predicted molar refractivity (Wildman–Crippen MR) is 82.1 cm³/mol. The summed E-state index contributed by atoms with van der Waals surface area (Å²) in [5.41, 5.74) is 1.20. The molecule has 0 bridgehead atoms. The molecule has 22 heavy (non-hydrogen) atoms. The molecule has 0 aliphatic rings. The SMILES string of the molecule is COc1ccc(C(=O)O)cc1OCCOc1ccccc1C. The lowest BCUT2D eigenvalue weighted by Crippen LogP contribution is -2.10. The van der Waals surface area contributed by atoms with Gasteiger partial charge < -0.3 is 19.3 Å². The maximum atomic E-state index is 11.0. The molecule has 1 N–H and O–H groups in total. The van der Waals surface area contributed by atoms with E-state index in [1.54, 1.807) is 6.07 Å². The monoisotopic (exact) mass is 302 g/mol. The smallest absolute Gasteiger partial charge is 0.335 e. The molecule has 0 atom stereocenters. The molecule has 2 aromatic carbocycles. The van der Waals surface area contributed by atoms with E-state index in [2.05, 4.69) is 0 Å². The number of hydrogen-bond donors (Lipinski definition) is 1. The van der Waals surface area contributed by atoms with Crippen LogP contribution >= 0.6 is 0 Å². The van der Waals surface area contributed by atoms with Crippen molar-refractivity contribution in [2.75, 3.05) is 20.3 Å². The third kappa shape index (κ3) is 3.91. The van der Waals surface area contributed by atoms with Crippen LogP contribution in [0.4, 0.5) is 0 Å². The Morgan fingerprint density at radius 2 is 1.68 bits per heavy atom. The molecule has 0 saturated carbocycles. The minimum Gasteiger partial charge on any atom is -0.493 e. The summed E-state index contributed by atoms with van der Waals surface area (Å²) in [6, 6.07) is 12.2. The molecule has 0 aliphatic carbocycles. The zero-order chi connectivity index (χ0) is 15.9. The summed E-state index contributed by atoms with van der Waals surface area (Å²) in [7, 11) is 1.51. The normalized spacial score (nSPS) is 10.1. The van der Waals surface area contributed by atoms with E-state index < -0.39 is 5.97 Å². The van der Waals surface area contributed by atoms with Crippen molar-refractivity contribution in [3.05, 3.63) is 53.6 Å². The highest BCUT2D eigenvalue weighted by Gasteiger charge is 2.10. The van der Waals surface area contributed by atoms with E-state index in [4.69, 9.17) is 19.3 Å². The molecule has 5 heteroatoms. The highest BCUT2D eigenvalue weighted by molar-refractivity contribution is 5.88. The van der Waals surface area contributed by atoms with Gasteiger partial charge in [0.2, 0.25) is 0 Å². The molecule has 2 aromatic rings. The molecule has 0 heterocycles. The van der Waals surface area contributed by atoms with Crippen molar-refractivity contribution < 1.29 is 24.1 Å². The number of para-hydroxylation sites is 1. The van der Waals surface area contributed by atoms with Gasteiger partial charge in [-0.2, -0.15) is 0 Å². The fourth-order valence-corrected chi connectivity index (χ4v) is 1.94. The second-order valence-electron chi connectivity index (χ2n) is 4.63. The molecule has 0 aromatic heterocycles. The fourth-order valence-electron chi connectivity index (χ4n) is 1.94. The summed E-state index contributed by atoms with van der Waals surface area (Å²) in [6.07, 6.45) is 0. The quantitative estimate of drug-likeness (QED) is 0.796. The first-order chi connectivity index (χ1) is 10.6. The molecule has 0 unspecified atom stereocenters. The summed E-state index contributed by atoms with van der Waals surface area (Å²) in [5.74, 6) is 0.665. The maximum Gasteiger partial charge on any atom is 0.335 e. The Bertz CT molecular complexity index is 651. The van der Waals surface area contributed by atoms with E-state index in [1.165, 1.54) is 19.2 Å². The van der Waals surface area contributed by atoms with Crippen LogP contribution in [0, 0.1) is 6.92 Å². The Hall–Kier alpha value is -2.69. The van der Waals surface area contributed by atoms with Gasteiger partial charge in [0.15, 0.2) is 11.5 Å². The Balaban J connectivity index is 1.95. The fraction of sp³-hybridized carbons (Fsp3) is 0.235. The van der Waals surface area contributed by atoms with Crippen LogP contribution in [0.25, 0.3) is 0 Å². The van der Waals surface area contributed by atoms with Crippen LogP contribution in [-0.4, -0.2) is 31.4 Å². The Labute approximate surface area is 129 Å². The van der Waals surface area contributed by atoms with Gasteiger partial charge in [-0.05, 0) is 36.8 Å². The van der Waals surface area contributed by atoms with Crippen LogP contribution in [-0.2, 0) is 0 Å². The number of rotatable bonds is 7. The molecular weight excluding hydrogens is 284 g/mol. The van der Waals surface area contributed by atoms with Gasteiger partial charge >= 0.3 is 5.97 Å².